The number of halogens is 1. The first-order valence-electron chi connectivity index (χ1n) is 7.09. The summed E-state index contributed by atoms with van der Waals surface area (Å²) >= 11 is 0. The Bertz CT molecular complexity index is 649. The summed E-state index contributed by atoms with van der Waals surface area (Å²) in [6.07, 6.45) is 5.30. The largest absolute Gasteiger partial charge is 0.347 e. The molecule has 1 aromatic carbocycles. The van der Waals surface area contributed by atoms with E-state index < -0.39 is 9.05 Å². The van der Waals surface area contributed by atoms with Gasteiger partial charge in [0.15, 0.2) is 0 Å². The minimum absolute atomic E-state index is 0.0388. The Hall–Kier alpha value is -1.07. The summed E-state index contributed by atoms with van der Waals surface area (Å²) < 4.78 is 22.9. The van der Waals surface area contributed by atoms with E-state index in [-0.39, 0.29) is 16.3 Å². The first-order valence-corrected chi connectivity index (χ1v) is 9.39. The fourth-order valence-corrected chi connectivity index (χ4v) is 3.68. The number of hydrogen-bond acceptors (Lipinski definition) is 3. The van der Waals surface area contributed by atoms with E-state index in [9.17, 15) is 13.2 Å². The maximum Gasteiger partial charge on any atom is 0.261 e. The smallest absolute Gasteiger partial charge is 0.261 e. The van der Waals surface area contributed by atoms with Crippen LogP contribution in [0, 0.1) is 6.92 Å². The van der Waals surface area contributed by atoms with E-state index in [1.54, 1.807) is 13.0 Å². The molecule has 1 amide bonds. The van der Waals surface area contributed by atoms with Gasteiger partial charge in [0.2, 0.25) is 0 Å². The van der Waals surface area contributed by atoms with E-state index in [1.807, 2.05) is 6.92 Å². The quantitative estimate of drug-likeness (QED) is 0.865. The topological polar surface area (TPSA) is 63.2 Å². The summed E-state index contributed by atoms with van der Waals surface area (Å²) in [5.74, 6) is -0.246. The molecule has 0 aliphatic heterocycles. The molecule has 0 spiro atoms. The lowest BCUT2D eigenvalue weighted by Gasteiger charge is -2.34. The lowest BCUT2D eigenvalue weighted by atomic mass is 9.83. The van der Waals surface area contributed by atoms with Crippen LogP contribution in [0.5, 0.6) is 0 Å². The molecule has 0 atom stereocenters. The molecule has 0 aromatic heterocycles. The van der Waals surface area contributed by atoms with E-state index >= 15 is 0 Å². The van der Waals surface area contributed by atoms with Crippen LogP contribution in [-0.2, 0) is 9.05 Å². The number of rotatable bonds is 3. The van der Waals surface area contributed by atoms with Crippen molar-refractivity contribution in [2.24, 2.45) is 0 Å². The molecule has 0 bridgehead atoms. The second-order valence-corrected chi connectivity index (χ2v) is 8.61. The molecule has 0 heterocycles. The molecule has 1 N–H and O–H groups in total. The van der Waals surface area contributed by atoms with E-state index in [2.05, 4.69) is 5.32 Å². The highest BCUT2D eigenvalue weighted by Crippen LogP contribution is 2.28. The van der Waals surface area contributed by atoms with E-state index in [0.29, 0.717) is 11.1 Å². The van der Waals surface area contributed by atoms with Crippen molar-refractivity contribution in [3.63, 3.8) is 0 Å². The third-order valence-corrected chi connectivity index (χ3v) is 5.30. The standard InChI is InChI=1S/C15H20ClNO3S/c1-11-8-12(10-13(9-11)21(16,19)20)14(18)17-15(2)6-4-3-5-7-15/h8-10H,3-7H2,1-2H3,(H,17,18). The molecular weight excluding hydrogens is 310 g/mol. The number of hydrogen-bond donors (Lipinski definition) is 1. The lowest BCUT2D eigenvalue weighted by Crippen LogP contribution is -2.47. The first-order chi connectivity index (χ1) is 9.70. The van der Waals surface area contributed by atoms with E-state index in [4.69, 9.17) is 10.7 Å². The van der Waals surface area contributed by atoms with Gasteiger partial charge >= 0.3 is 0 Å². The fraction of sp³-hybridized carbons (Fsp3) is 0.533. The van der Waals surface area contributed by atoms with Crippen LogP contribution in [0.25, 0.3) is 0 Å². The summed E-state index contributed by atoms with van der Waals surface area (Å²) in [4.78, 5) is 12.4. The zero-order chi connectivity index (χ0) is 15.7. The number of carbonyl (C=O) groups is 1. The Labute approximate surface area is 130 Å². The predicted octanol–water partition coefficient (Wildman–Crippen LogP) is 3.38. The Morgan fingerprint density at radius 2 is 1.81 bits per heavy atom. The molecule has 1 aromatic rings. The molecule has 1 aliphatic rings. The third-order valence-electron chi connectivity index (χ3n) is 3.97. The highest BCUT2D eigenvalue weighted by Gasteiger charge is 2.29. The normalized spacial score (nSPS) is 18.2. The predicted molar refractivity (Wildman–Crippen MR) is 83.2 cm³/mol. The van der Waals surface area contributed by atoms with Gasteiger partial charge in [-0.3, -0.25) is 4.79 Å². The van der Waals surface area contributed by atoms with Crippen molar-refractivity contribution in [2.75, 3.05) is 0 Å². The van der Waals surface area contributed by atoms with Gasteiger partial charge in [-0.05, 0) is 50.5 Å². The number of aryl methyl sites for hydroxylation is 1. The average molecular weight is 330 g/mol. The third kappa shape index (κ3) is 4.20. The molecule has 116 valence electrons. The highest BCUT2D eigenvalue weighted by atomic mass is 35.7. The molecule has 6 heteroatoms. The van der Waals surface area contributed by atoms with Gasteiger partial charge < -0.3 is 5.32 Å². The Morgan fingerprint density at radius 3 is 2.38 bits per heavy atom. The summed E-state index contributed by atoms with van der Waals surface area (Å²) in [6, 6.07) is 4.46. The zero-order valence-electron chi connectivity index (χ0n) is 12.3. The van der Waals surface area contributed by atoms with Crippen molar-refractivity contribution in [1.29, 1.82) is 0 Å². The molecule has 2 rings (SSSR count). The monoisotopic (exact) mass is 329 g/mol. The van der Waals surface area contributed by atoms with Crippen LogP contribution in [0.15, 0.2) is 23.1 Å². The Morgan fingerprint density at radius 1 is 1.19 bits per heavy atom. The van der Waals surface area contributed by atoms with Crippen LogP contribution in [0.2, 0.25) is 0 Å². The van der Waals surface area contributed by atoms with Crippen LogP contribution >= 0.6 is 10.7 Å². The number of benzene rings is 1. The molecule has 1 saturated carbocycles. The van der Waals surface area contributed by atoms with Gasteiger partial charge in [-0.25, -0.2) is 8.42 Å². The van der Waals surface area contributed by atoms with Crippen molar-refractivity contribution < 1.29 is 13.2 Å². The fourth-order valence-electron chi connectivity index (χ4n) is 2.82. The number of carbonyl (C=O) groups excluding carboxylic acids is 1. The minimum atomic E-state index is -3.84. The van der Waals surface area contributed by atoms with Crippen LogP contribution in [0.4, 0.5) is 0 Å². The van der Waals surface area contributed by atoms with Gasteiger partial charge in [0.1, 0.15) is 0 Å². The molecular formula is C15H20ClNO3S. The van der Waals surface area contributed by atoms with Crippen LogP contribution in [0.1, 0.15) is 54.9 Å². The first kappa shape index (κ1) is 16.3. The molecule has 1 aliphatic carbocycles. The van der Waals surface area contributed by atoms with Gasteiger partial charge in [0.05, 0.1) is 4.90 Å². The van der Waals surface area contributed by atoms with E-state index in [1.165, 1.54) is 18.6 Å². The highest BCUT2D eigenvalue weighted by molar-refractivity contribution is 8.13. The van der Waals surface area contributed by atoms with Crippen molar-refractivity contribution in [3.8, 4) is 0 Å². The van der Waals surface area contributed by atoms with Gasteiger partial charge in [0.25, 0.3) is 15.0 Å². The maximum absolute atomic E-state index is 12.4. The minimum Gasteiger partial charge on any atom is -0.347 e. The van der Waals surface area contributed by atoms with Gasteiger partial charge in [-0.15, -0.1) is 0 Å². The summed E-state index contributed by atoms with van der Waals surface area (Å²) in [5, 5.41) is 3.04. The van der Waals surface area contributed by atoms with Gasteiger partial charge in [-0.1, -0.05) is 19.3 Å². The molecule has 0 radical (unpaired) electrons. The van der Waals surface area contributed by atoms with Crippen LogP contribution < -0.4 is 5.32 Å². The van der Waals surface area contributed by atoms with Gasteiger partial charge in [0, 0.05) is 21.8 Å². The lowest BCUT2D eigenvalue weighted by molar-refractivity contribution is 0.0882. The molecule has 1 fully saturated rings. The number of nitrogens with one attached hydrogen (secondary N) is 1. The second-order valence-electron chi connectivity index (χ2n) is 6.05. The van der Waals surface area contributed by atoms with Crippen molar-refractivity contribution in [1.82, 2.24) is 5.32 Å². The molecule has 4 nitrogen and oxygen atoms in total. The second kappa shape index (κ2) is 5.97. The Balaban J connectivity index is 2.25. The molecule has 21 heavy (non-hydrogen) atoms. The molecule has 0 saturated heterocycles. The number of amides is 1. The van der Waals surface area contributed by atoms with Crippen LogP contribution in [0.3, 0.4) is 0 Å². The average Bonchev–Trinajstić information content (AvgIpc) is 2.37. The van der Waals surface area contributed by atoms with Crippen molar-refractivity contribution >= 4 is 25.6 Å². The van der Waals surface area contributed by atoms with Crippen molar-refractivity contribution in [3.05, 3.63) is 29.3 Å². The molecule has 0 unspecified atom stereocenters. The van der Waals surface area contributed by atoms with Crippen molar-refractivity contribution in [2.45, 2.75) is 56.4 Å². The maximum atomic E-state index is 12.4. The van der Waals surface area contributed by atoms with E-state index in [0.717, 1.165) is 25.7 Å². The Kier molecular flexibility index (Phi) is 4.63. The zero-order valence-corrected chi connectivity index (χ0v) is 13.9. The summed E-state index contributed by atoms with van der Waals surface area (Å²) in [7, 11) is 1.53. The summed E-state index contributed by atoms with van der Waals surface area (Å²) in [6.45, 7) is 3.78. The summed E-state index contributed by atoms with van der Waals surface area (Å²) in [5.41, 5.74) is 0.815. The van der Waals surface area contributed by atoms with Crippen LogP contribution in [-0.4, -0.2) is 19.9 Å². The SMILES string of the molecule is Cc1cc(C(=O)NC2(C)CCCCC2)cc(S(=O)(=O)Cl)c1. The van der Waals surface area contributed by atoms with Gasteiger partial charge in [-0.2, -0.15) is 0 Å².